The van der Waals surface area contributed by atoms with Crippen LogP contribution < -0.4 is 16.0 Å². The fourth-order valence-corrected chi connectivity index (χ4v) is 2.47. The second kappa shape index (κ2) is 8.63. The maximum absolute atomic E-state index is 5.94. The van der Waals surface area contributed by atoms with Crippen molar-refractivity contribution in [3.63, 3.8) is 0 Å². The third-order valence-electron chi connectivity index (χ3n) is 3.79. The minimum absolute atomic E-state index is 0.525. The normalized spacial score (nSPS) is 16.1. The number of hydrogen-bond donors (Lipinski definition) is 2. The number of guanidine groups is 1. The molecule has 5 heteroatoms. The van der Waals surface area contributed by atoms with Crippen LogP contribution in [0.4, 0.5) is 5.69 Å². The second-order valence-corrected chi connectivity index (χ2v) is 6.04. The molecular formula is C17H28N4O. The van der Waals surface area contributed by atoms with Gasteiger partial charge < -0.3 is 20.7 Å². The Morgan fingerprint density at radius 2 is 2.05 bits per heavy atom. The first-order valence-electron chi connectivity index (χ1n) is 8.11. The van der Waals surface area contributed by atoms with E-state index < -0.39 is 0 Å². The molecule has 122 valence electrons. The quantitative estimate of drug-likeness (QED) is 0.623. The predicted octanol–water partition coefficient (Wildman–Crippen LogP) is 1.97. The number of nitrogens with one attached hydrogen (secondary N) is 1. The van der Waals surface area contributed by atoms with E-state index in [1.165, 1.54) is 11.3 Å². The number of anilines is 1. The summed E-state index contributed by atoms with van der Waals surface area (Å²) in [4.78, 5) is 6.83. The third kappa shape index (κ3) is 5.22. The summed E-state index contributed by atoms with van der Waals surface area (Å²) >= 11 is 0. The zero-order chi connectivity index (χ0) is 15.8. The zero-order valence-corrected chi connectivity index (χ0v) is 13.7. The maximum atomic E-state index is 5.94. The monoisotopic (exact) mass is 304 g/mol. The molecule has 0 aliphatic carbocycles. The zero-order valence-electron chi connectivity index (χ0n) is 13.7. The highest BCUT2D eigenvalue weighted by Crippen LogP contribution is 2.22. The Labute approximate surface area is 133 Å². The van der Waals surface area contributed by atoms with E-state index in [0.717, 1.165) is 39.3 Å². The van der Waals surface area contributed by atoms with Crippen molar-refractivity contribution in [1.29, 1.82) is 0 Å². The van der Waals surface area contributed by atoms with E-state index in [1.807, 2.05) is 0 Å². The van der Waals surface area contributed by atoms with Gasteiger partial charge in [0.2, 0.25) is 0 Å². The van der Waals surface area contributed by atoms with Crippen molar-refractivity contribution >= 4 is 11.6 Å². The minimum atomic E-state index is 0.525. The first kappa shape index (κ1) is 16.6. The molecule has 5 nitrogen and oxygen atoms in total. The summed E-state index contributed by atoms with van der Waals surface area (Å²) < 4.78 is 5.42. The average molecular weight is 304 g/mol. The standard InChI is InChI=1S/C17H28N4O/c1-14(2)7-8-19-17(18)20-13-15-5-3-4-6-16(15)21-9-11-22-12-10-21/h3-6,14H,7-13H2,1-2H3,(H3,18,19,20). The molecule has 0 spiro atoms. The van der Waals surface area contributed by atoms with E-state index in [2.05, 4.69) is 53.3 Å². The minimum Gasteiger partial charge on any atom is -0.378 e. The highest BCUT2D eigenvalue weighted by atomic mass is 16.5. The molecule has 3 N–H and O–H groups in total. The van der Waals surface area contributed by atoms with E-state index in [-0.39, 0.29) is 0 Å². The number of nitrogens with zero attached hydrogens (tertiary/aromatic N) is 2. The van der Waals surface area contributed by atoms with Crippen molar-refractivity contribution in [2.24, 2.45) is 16.6 Å². The lowest BCUT2D eigenvalue weighted by molar-refractivity contribution is 0.122. The summed E-state index contributed by atoms with van der Waals surface area (Å²) in [7, 11) is 0. The summed E-state index contributed by atoms with van der Waals surface area (Å²) in [5, 5.41) is 3.18. The van der Waals surface area contributed by atoms with Crippen LogP contribution in [0, 0.1) is 5.92 Å². The lowest BCUT2D eigenvalue weighted by Gasteiger charge is -2.30. The highest BCUT2D eigenvalue weighted by Gasteiger charge is 2.13. The molecule has 1 saturated heterocycles. The SMILES string of the molecule is CC(C)CCNC(N)=NCc1ccccc1N1CCOCC1. The number of aliphatic imine (C=N–C) groups is 1. The molecular weight excluding hydrogens is 276 g/mol. The van der Waals surface area contributed by atoms with Gasteiger partial charge in [0.15, 0.2) is 5.96 Å². The molecule has 1 aromatic carbocycles. The predicted molar refractivity (Wildman–Crippen MR) is 92.3 cm³/mol. The van der Waals surface area contributed by atoms with E-state index in [4.69, 9.17) is 10.5 Å². The Hall–Kier alpha value is -1.75. The summed E-state index contributed by atoms with van der Waals surface area (Å²) in [5.41, 5.74) is 8.39. The molecule has 1 aliphatic heterocycles. The van der Waals surface area contributed by atoms with E-state index in [0.29, 0.717) is 18.4 Å². The molecule has 0 amide bonds. The molecule has 2 rings (SSSR count). The molecule has 0 saturated carbocycles. The Morgan fingerprint density at radius 1 is 1.32 bits per heavy atom. The van der Waals surface area contributed by atoms with E-state index in [1.54, 1.807) is 0 Å². The average Bonchev–Trinajstić information content (AvgIpc) is 2.54. The van der Waals surface area contributed by atoms with Crippen LogP contribution in [0.2, 0.25) is 0 Å². The van der Waals surface area contributed by atoms with Crippen LogP contribution in [0.25, 0.3) is 0 Å². The Balaban J connectivity index is 1.94. The van der Waals surface area contributed by atoms with Gasteiger partial charge in [0.25, 0.3) is 0 Å². The summed E-state index contributed by atoms with van der Waals surface area (Å²) in [6.07, 6.45) is 1.10. The molecule has 0 bridgehead atoms. The van der Waals surface area contributed by atoms with Gasteiger partial charge in [0.05, 0.1) is 19.8 Å². The molecule has 0 aromatic heterocycles. The van der Waals surface area contributed by atoms with E-state index in [9.17, 15) is 0 Å². The van der Waals surface area contributed by atoms with Crippen LogP contribution in [-0.4, -0.2) is 38.8 Å². The molecule has 1 heterocycles. The lowest BCUT2D eigenvalue weighted by Crippen LogP contribution is -2.36. The van der Waals surface area contributed by atoms with Crippen molar-refractivity contribution in [1.82, 2.24) is 5.32 Å². The van der Waals surface area contributed by atoms with Gasteiger partial charge in [-0.15, -0.1) is 0 Å². The van der Waals surface area contributed by atoms with Gasteiger partial charge in [0.1, 0.15) is 0 Å². The molecule has 0 atom stereocenters. The van der Waals surface area contributed by atoms with Crippen LogP contribution in [0.15, 0.2) is 29.3 Å². The van der Waals surface area contributed by atoms with Gasteiger partial charge in [-0.3, -0.25) is 0 Å². The van der Waals surface area contributed by atoms with Gasteiger partial charge in [-0.1, -0.05) is 32.0 Å². The molecule has 22 heavy (non-hydrogen) atoms. The second-order valence-electron chi connectivity index (χ2n) is 6.04. The first-order valence-corrected chi connectivity index (χ1v) is 8.11. The molecule has 0 unspecified atom stereocenters. The molecule has 0 radical (unpaired) electrons. The lowest BCUT2D eigenvalue weighted by atomic mass is 10.1. The Kier molecular flexibility index (Phi) is 6.52. The number of hydrogen-bond acceptors (Lipinski definition) is 3. The topological polar surface area (TPSA) is 62.9 Å². The van der Waals surface area contributed by atoms with Crippen LogP contribution in [-0.2, 0) is 11.3 Å². The van der Waals surface area contributed by atoms with Crippen molar-refractivity contribution in [3.05, 3.63) is 29.8 Å². The van der Waals surface area contributed by atoms with Gasteiger partial charge in [-0.05, 0) is 24.0 Å². The van der Waals surface area contributed by atoms with Gasteiger partial charge in [-0.25, -0.2) is 4.99 Å². The van der Waals surface area contributed by atoms with Gasteiger partial charge in [-0.2, -0.15) is 0 Å². The molecule has 1 aliphatic rings. The van der Waals surface area contributed by atoms with Crippen LogP contribution in [0.3, 0.4) is 0 Å². The summed E-state index contributed by atoms with van der Waals surface area (Å²) in [5.74, 6) is 1.19. The number of ether oxygens (including phenoxy) is 1. The first-order chi connectivity index (χ1) is 10.7. The number of nitrogens with two attached hydrogens (primary N) is 1. The maximum Gasteiger partial charge on any atom is 0.188 e. The van der Waals surface area contributed by atoms with Crippen LogP contribution in [0.5, 0.6) is 0 Å². The Morgan fingerprint density at radius 3 is 2.77 bits per heavy atom. The molecule has 1 aromatic rings. The van der Waals surface area contributed by atoms with Crippen molar-refractivity contribution in [2.45, 2.75) is 26.8 Å². The van der Waals surface area contributed by atoms with Crippen molar-refractivity contribution in [2.75, 3.05) is 37.7 Å². The van der Waals surface area contributed by atoms with Crippen molar-refractivity contribution in [3.8, 4) is 0 Å². The third-order valence-corrected chi connectivity index (χ3v) is 3.79. The van der Waals surface area contributed by atoms with Gasteiger partial charge in [0, 0.05) is 25.3 Å². The fraction of sp³-hybridized carbons (Fsp3) is 0.588. The number of morpholine rings is 1. The summed E-state index contributed by atoms with van der Waals surface area (Å²) in [6, 6.07) is 8.40. The fourth-order valence-electron chi connectivity index (χ4n) is 2.47. The van der Waals surface area contributed by atoms with E-state index >= 15 is 0 Å². The van der Waals surface area contributed by atoms with Crippen LogP contribution >= 0.6 is 0 Å². The largest absolute Gasteiger partial charge is 0.378 e. The number of para-hydroxylation sites is 1. The number of benzene rings is 1. The molecule has 1 fully saturated rings. The summed E-state index contributed by atoms with van der Waals surface area (Å²) in [6.45, 7) is 9.33. The number of rotatable bonds is 6. The van der Waals surface area contributed by atoms with Crippen LogP contribution in [0.1, 0.15) is 25.8 Å². The Bertz CT molecular complexity index is 481. The smallest absolute Gasteiger partial charge is 0.188 e. The van der Waals surface area contributed by atoms with Gasteiger partial charge >= 0.3 is 0 Å². The highest BCUT2D eigenvalue weighted by molar-refractivity contribution is 5.77. The van der Waals surface area contributed by atoms with Crippen molar-refractivity contribution < 1.29 is 4.74 Å².